The van der Waals surface area contributed by atoms with Crippen molar-refractivity contribution in [3.8, 4) is 0 Å². The second-order valence-corrected chi connectivity index (χ2v) is 2.78. The molecule has 0 amide bonds. The lowest BCUT2D eigenvalue weighted by Gasteiger charge is -2.22. The molecule has 1 heterocycles. The molecule has 0 unspecified atom stereocenters. The maximum atomic E-state index is 9.25. The fourth-order valence-corrected chi connectivity index (χ4v) is 1.15. The minimum Gasteiger partial charge on any atom is -0.394 e. The molecule has 0 saturated carbocycles. The van der Waals surface area contributed by atoms with Crippen LogP contribution in [-0.2, 0) is 4.74 Å². The van der Waals surface area contributed by atoms with E-state index >= 15 is 0 Å². The smallest absolute Gasteiger partial charge is 0.219 e. The molecule has 5 N–H and O–H groups in total. The van der Waals surface area contributed by atoms with Gasteiger partial charge in [0.15, 0.2) is 0 Å². The third-order valence-electron chi connectivity index (χ3n) is 1.93. The van der Waals surface area contributed by atoms with Crippen LogP contribution in [0.4, 0.5) is 0 Å². The van der Waals surface area contributed by atoms with Crippen molar-refractivity contribution in [3.05, 3.63) is 0 Å². The van der Waals surface area contributed by atoms with E-state index in [1.807, 2.05) is 0 Å². The molecule has 1 aliphatic heterocycles. The molecule has 72 valence electrons. The first-order chi connectivity index (χ1) is 5.55. The van der Waals surface area contributed by atoms with E-state index in [9.17, 15) is 5.11 Å². The third kappa shape index (κ3) is 1.33. The SMILES string of the molecule is OC[C@@H]1O[C@@](O)(CO)[C@H](O)[C@@H]1O. The number of hydrogen-bond donors (Lipinski definition) is 5. The van der Waals surface area contributed by atoms with E-state index < -0.39 is 37.3 Å². The van der Waals surface area contributed by atoms with Gasteiger partial charge in [0.25, 0.3) is 0 Å². The monoisotopic (exact) mass is 180 g/mol. The van der Waals surface area contributed by atoms with Crippen molar-refractivity contribution in [1.29, 1.82) is 0 Å². The van der Waals surface area contributed by atoms with Gasteiger partial charge in [-0.3, -0.25) is 0 Å². The van der Waals surface area contributed by atoms with Crippen molar-refractivity contribution in [2.75, 3.05) is 13.2 Å². The number of ether oxygens (including phenoxy) is 1. The predicted octanol–water partition coefficient (Wildman–Crippen LogP) is -3.22. The van der Waals surface area contributed by atoms with Crippen molar-refractivity contribution in [1.82, 2.24) is 0 Å². The van der Waals surface area contributed by atoms with Gasteiger partial charge in [0.2, 0.25) is 5.79 Å². The van der Waals surface area contributed by atoms with Gasteiger partial charge in [-0.25, -0.2) is 0 Å². The summed E-state index contributed by atoms with van der Waals surface area (Å²) in [5.74, 6) is -2.16. The summed E-state index contributed by atoms with van der Waals surface area (Å²) < 4.78 is 4.63. The lowest BCUT2D eigenvalue weighted by Crippen LogP contribution is -2.46. The first-order valence-corrected chi connectivity index (χ1v) is 3.53. The Morgan fingerprint density at radius 2 is 1.83 bits per heavy atom. The highest BCUT2D eigenvalue weighted by Gasteiger charge is 2.52. The van der Waals surface area contributed by atoms with E-state index in [4.69, 9.17) is 20.4 Å². The largest absolute Gasteiger partial charge is 0.394 e. The molecule has 4 atom stereocenters. The lowest BCUT2D eigenvalue weighted by atomic mass is 10.1. The number of aliphatic hydroxyl groups excluding tert-OH is 4. The Labute approximate surface area is 68.6 Å². The van der Waals surface area contributed by atoms with Crippen LogP contribution in [0.3, 0.4) is 0 Å². The van der Waals surface area contributed by atoms with Crippen LogP contribution in [-0.4, -0.2) is 62.8 Å². The average Bonchev–Trinajstić information content (AvgIpc) is 2.31. The molecule has 0 aromatic rings. The van der Waals surface area contributed by atoms with E-state index in [-0.39, 0.29) is 0 Å². The molecular formula is C6H12O6. The highest BCUT2D eigenvalue weighted by molar-refractivity contribution is 4.94. The number of aliphatic hydroxyl groups is 5. The van der Waals surface area contributed by atoms with E-state index in [0.717, 1.165) is 0 Å². The second kappa shape index (κ2) is 3.25. The summed E-state index contributed by atoms with van der Waals surface area (Å²) in [7, 11) is 0. The first-order valence-electron chi connectivity index (χ1n) is 3.53. The average molecular weight is 180 g/mol. The summed E-state index contributed by atoms with van der Waals surface area (Å²) in [6.07, 6.45) is -4.04. The topological polar surface area (TPSA) is 110 Å². The molecule has 0 radical (unpaired) electrons. The molecule has 6 heteroatoms. The van der Waals surface area contributed by atoms with Crippen molar-refractivity contribution in [3.63, 3.8) is 0 Å². The molecule has 0 bridgehead atoms. The van der Waals surface area contributed by atoms with Gasteiger partial charge < -0.3 is 30.3 Å². The van der Waals surface area contributed by atoms with Crippen LogP contribution in [0.25, 0.3) is 0 Å². The normalized spacial score (nSPS) is 48.2. The van der Waals surface area contributed by atoms with Gasteiger partial charge in [-0.1, -0.05) is 0 Å². The zero-order valence-electron chi connectivity index (χ0n) is 6.29. The Hall–Kier alpha value is -0.240. The molecule has 0 spiro atoms. The van der Waals surface area contributed by atoms with Gasteiger partial charge in [0, 0.05) is 0 Å². The summed E-state index contributed by atoms with van der Waals surface area (Å²) in [6.45, 7) is -1.36. The minimum absolute atomic E-state index is 0.527. The highest BCUT2D eigenvalue weighted by atomic mass is 16.7. The number of hydrogen-bond acceptors (Lipinski definition) is 6. The number of rotatable bonds is 2. The quantitative estimate of drug-likeness (QED) is 0.306. The lowest BCUT2D eigenvalue weighted by molar-refractivity contribution is -0.248. The fraction of sp³-hybridized carbons (Fsp3) is 1.00. The zero-order chi connectivity index (χ0) is 9.35. The van der Waals surface area contributed by atoms with Crippen molar-refractivity contribution < 1.29 is 30.3 Å². The second-order valence-electron chi connectivity index (χ2n) is 2.78. The van der Waals surface area contributed by atoms with Crippen molar-refractivity contribution in [2.24, 2.45) is 0 Å². The predicted molar refractivity (Wildman–Crippen MR) is 36.0 cm³/mol. The molecule has 0 aromatic heterocycles. The zero-order valence-corrected chi connectivity index (χ0v) is 6.29. The molecule has 12 heavy (non-hydrogen) atoms. The third-order valence-corrected chi connectivity index (χ3v) is 1.93. The van der Waals surface area contributed by atoms with Gasteiger partial charge in [-0.05, 0) is 0 Å². The standard InChI is InChI=1S/C6H12O6/c7-1-3-4(9)5(10)6(11,2-8)12-3/h3-5,7-11H,1-2H2/t3-,4+,5+,6-/m0/s1. The van der Waals surface area contributed by atoms with E-state index in [1.165, 1.54) is 0 Å². The molecule has 1 fully saturated rings. The van der Waals surface area contributed by atoms with E-state index in [2.05, 4.69) is 4.74 Å². The van der Waals surface area contributed by atoms with Gasteiger partial charge >= 0.3 is 0 Å². The van der Waals surface area contributed by atoms with Crippen LogP contribution in [0.2, 0.25) is 0 Å². The van der Waals surface area contributed by atoms with Crippen molar-refractivity contribution in [2.45, 2.75) is 24.1 Å². The van der Waals surface area contributed by atoms with E-state index in [1.54, 1.807) is 0 Å². The molecule has 1 rings (SSSR count). The maximum absolute atomic E-state index is 9.25. The van der Waals surface area contributed by atoms with Crippen LogP contribution in [0, 0.1) is 0 Å². The molecule has 0 aliphatic carbocycles. The maximum Gasteiger partial charge on any atom is 0.219 e. The Kier molecular flexibility index (Phi) is 2.67. The van der Waals surface area contributed by atoms with Gasteiger partial charge in [0.1, 0.15) is 18.3 Å². The van der Waals surface area contributed by atoms with Crippen LogP contribution >= 0.6 is 0 Å². The molecule has 1 saturated heterocycles. The van der Waals surface area contributed by atoms with Gasteiger partial charge in [-0.2, -0.15) is 0 Å². The van der Waals surface area contributed by atoms with Crippen LogP contribution in [0.1, 0.15) is 0 Å². The molecular weight excluding hydrogens is 168 g/mol. The Morgan fingerprint density at radius 3 is 2.08 bits per heavy atom. The Bertz CT molecular complexity index is 162. The fourth-order valence-electron chi connectivity index (χ4n) is 1.15. The summed E-state index contributed by atoms with van der Waals surface area (Å²) >= 11 is 0. The molecule has 1 aliphatic rings. The van der Waals surface area contributed by atoms with Crippen LogP contribution < -0.4 is 0 Å². The van der Waals surface area contributed by atoms with Gasteiger partial charge in [0.05, 0.1) is 13.2 Å². The first kappa shape index (κ1) is 9.85. The Balaban J connectivity index is 2.72. The highest BCUT2D eigenvalue weighted by Crippen LogP contribution is 2.28. The van der Waals surface area contributed by atoms with E-state index in [0.29, 0.717) is 0 Å². The minimum atomic E-state index is -2.16. The van der Waals surface area contributed by atoms with Gasteiger partial charge in [-0.15, -0.1) is 0 Å². The summed E-state index contributed by atoms with van der Waals surface area (Å²) in [5, 5.41) is 44.7. The Morgan fingerprint density at radius 1 is 1.25 bits per heavy atom. The van der Waals surface area contributed by atoms with Crippen LogP contribution in [0.15, 0.2) is 0 Å². The summed E-state index contributed by atoms with van der Waals surface area (Å²) in [5.41, 5.74) is 0. The molecule has 6 nitrogen and oxygen atoms in total. The summed E-state index contributed by atoms with van der Waals surface area (Å²) in [4.78, 5) is 0. The summed E-state index contributed by atoms with van der Waals surface area (Å²) in [6, 6.07) is 0. The molecule has 0 aromatic carbocycles. The van der Waals surface area contributed by atoms with Crippen molar-refractivity contribution >= 4 is 0 Å². The van der Waals surface area contributed by atoms with Crippen LogP contribution in [0.5, 0.6) is 0 Å².